The van der Waals surface area contributed by atoms with Gasteiger partial charge in [0.25, 0.3) is 0 Å². The molecule has 1 aliphatic carbocycles. The van der Waals surface area contributed by atoms with E-state index in [-0.39, 0.29) is 11.6 Å². The number of amides is 1. The van der Waals surface area contributed by atoms with E-state index in [1.54, 1.807) is 7.11 Å². The van der Waals surface area contributed by atoms with Gasteiger partial charge in [0, 0.05) is 0 Å². The molecule has 2 aliphatic rings. The van der Waals surface area contributed by atoms with Crippen LogP contribution in [0.15, 0.2) is 18.2 Å². The van der Waals surface area contributed by atoms with Gasteiger partial charge in [-0.25, -0.2) is 4.79 Å². The van der Waals surface area contributed by atoms with Crippen molar-refractivity contribution < 1.29 is 14.3 Å². The van der Waals surface area contributed by atoms with Gasteiger partial charge in [0.15, 0.2) is 0 Å². The van der Waals surface area contributed by atoms with Crippen molar-refractivity contribution in [2.24, 2.45) is 0 Å². The molecule has 90 valence electrons. The first-order chi connectivity index (χ1) is 8.23. The Morgan fingerprint density at radius 1 is 1.47 bits per heavy atom. The molecule has 1 aromatic carbocycles. The molecule has 1 aliphatic heterocycles. The van der Waals surface area contributed by atoms with E-state index in [1.807, 2.05) is 12.1 Å². The molecule has 1 fully saturated rings. The Morgan fingerprint density at radius 2 is 2.35 bits per heavy atom. The number of carbonyl (C=O) groups is 1. The van der Waals surface area contributed by atoms with Crippen molar-refractivity contribution in [1.29, 1.82) is 0 Å². The summed E-state index contributed by atoms with van der Waals surface area (Å²) in [4.78, 5) is 11.3. The van der Waals surface area contributed by atoms with Gasteiger partial charge in [-0.1, -0.05) is 6.07 Å². The molecule has 1 heterocycles. The summed E-state index contributed by atoms with van der Waals surface area (Å²) in [5, 5.41) is 2.96. The fourth-order valence-electron chi connectivity index (χ4n) is 2.82. The Labute approximate surface area is 99.9 Å². The van der Waals surface area contributed by atoms with E-state index in [1.165, 1.54) is 11.1 Å². The average Bonchev–Trinajstić information content (AvgIpc) is 2.71. The molecule has 1 amide bonds. The Morgan fingerprint density at radius 3 is 3.06 bits per heavy atom. The van der Waals surface area contributed by atoms with Crippen LogP contribution in [0.1, 0.15) is 24.0 Å². The molecule has 1 aromatic rings. The van der Waals surface area contributed by atoms with E-state index in [9.17, 15) is 4.79 Å². The third kappa shape index (κ3) is 1.55. The van der Waals surface area contributed by atoms with Crippen molar-refractivity contribution in [3.63, 3.8) is 0 Å². The highest BCUT2D eigenvalue weighted by Gasteiger charge is 2.43. The lowest BCUT2D eigenvalue weighted by Crippen LogP contribution is -2.43. The summed E-state index contributed by atoms with van der Waals surface area (Å²) in [6.07, 6.45) is 2.72. The Bertz CT molecular complexity index is 472. The maximum Gasteiger partial charge on any atom is 0.408 e. The summed E-state index contributed by atoms with van der Waals surface area (Å²) in [5.74, 6) is 0.867. The van der Waals surface area contributed by atoms with Crippen LogP contribution in [0.4, 0.5) is 4.79 Å². The quantitative estimate of drug-likeness (QED) is 0.806. The fraction of sp³-hybridized carbons (Fsp3) is 0.462. The highest BCUT2D eigenvalue weighted by molar-refractivity contribution is 5.71. The van der Waals surface area contributed by atoms with E-state index in [4.69, 9.17) is 9.47 Å². The van der Waals surface area contributed by atoms with Crippen LogP contribution < -0.4 is 10.1 Å². The summed E-state index contributed by atoms with van der Waals surface area (Å²) in [6, 6.07) is 6.04. The summed E-state index contributed by atoms with van der Waals surface area (Å²) in [5.41, 5.74) is 2.12. The maximum absolute atomic E-state index is 11.3. The van der Waals surface area contributed by atoms with Crippen LogP contribution in [0, 0.1) is 0 Å². The minimum absolute atomic E-state index is 0.309. The molecular formula is C13H15NO3. The molecule has 4 nitrogen and oxygen atoms in total. The zero-order valence-corrected chi connectivity index (χ0v) is 9.79. The van der Waals surface area contributed by atoms with E-state index >= 15 is 0 Å². The van der Waals surface area contributed by atoms with E-state index in [0.717, 1.165) is 25.0 Å². The SMILES string of the molecule is COc1ccc2c(c1)CCCC21COC(=O)N1. The first kappa shape index (κ1) is 10.4. The number of hydrogen-bond donors (Lipinski definition) is 1. The van der Waals surface area contributed by atoms with Gasteiger partial charge in [-0.15, -0.1) is 0 Å². The lowest BCUT2D eigenvalue weighted by Gasteiger charge is -2.33. The number of alkyl carbamates (subject to hydrolysis) is 1. The Kier molecular flexibility index (Phi) is 2.24. The van der Waals surface area contributed by atoms with Crippen LogP contribution in [0.25, 0.3) is 0 Å². The van der Waals surface area contributed by atoms with Gasteiger partial charge in [0.1, 0.15) is 17.9 Å². The van der Waals surface area contributed by atoms with Crippen LogP contribution in [0.5, 0.6) is 5.75 Å². The van der Waals surface area contributed by atoms with Gasteiger partial charge in [-0.3, -0.25) is 0 Å². The number of fused-ring (bicyclic) bond motifs is 2. The van der Waals surface area contributed by atoms with E-state index in [2.05, 4.69) is 11.4 Å². The zero-order chi connectivity index (χ0) is 11.9. The topological polar surface area (TPSA) is 47.6 Å². The average molecular weight is 233 g/mol. The predicted octanol–water partition coefficient (Wildman–Crippen LogP) is 1.97. The number of nitrogens with one attached hydrogen (secondary N) is 1. The number of benzene rings is 1. The van der Waals surface area contributed by atoms with Gasteiger partial charge < -0.3 is 14.8 Å². The minimum atomic E-state index is -0.311. The number of rotatable bonds is 1. The molecule has 1 spiro atoms. The molecule has 1 saturated heterocycles. The monoisotopic (exact) mass is 233 g/mol. The summed E-state index contributed by atoms with van der Waals surface area (Å²) in [7, 11) is 1.67. The summed E-state index contributed by atoms with van der Waals surface area (Å²) >= 11 is 0. The number of cyclic esters (lactones) is 1. The van der Waals surface area contributed by atoms with Crippen molar-refractivity contribution in [2.75, 3.05) is 13.7 Å². The molecule has 4 heteroatoms. The van der Waals surface area contributed by atoms with Gasteiger partial charge in [-0.2, -0.15) is 0 Å². The molecule has 0 radical (unpaired) electrons. The van der Waals surface area contributed by atoms with Crippen molar-refractivity contribution in [3.05, 3.63) is 29.3 Å². The molecule has 1 unspecified atom stereocenters. The second-order valence-electron chi connectivity index (χ2n) is 4.66. The third-order valence-electron chi connectivity index (χ3n) is 3.67. The van der Waals surface area contributed by atoms with Crippen molar-refractivity contribution in [3.8, 4) is 5.75 Å². The largest absolute Gasteiger partial charge is 0.497 e. The van der Waals surface area contributed by atoms with Crippen LogP contribution >= 0.6 is 0 Å². The molecule has 17 heavy (non-hydrogen) atoms. The molecule has 0 saturated carbocycles. The van der Waals surface area contributed by atoms with E-state index in [0.29, 0.717) is 6.61 Å². The van der Waals surface area contributed by atoms with Crippen molar-refractivity contribution >= 4 is 6.09 Å². The highest BCUT2D eigenvalue weighted by Crippen LogP contribution is 2.39. The predicted molar refractivity (Wildman–Crippen MR) is 62.1 cm³/mol. The number of hydrogen-bond acceptors (Lipinski definition) is 3. The number of carbonyl (C=O) groups excluding carboxylic acids is 1. The lowest BCUT2D eigenvalue weighted by molar-refractivity contribution is 0.170. The smallest absolute Gasteiger partial charge is 0.408 e. The van der Waals surface area contributed by atoms with Gasteiger partial charge in [0.2, 0.25) is 0 Å². The number of ether oxygens (including phenoxy) is 2. The summed E-state index contributed by atoms with van der Waals surface area (Å²) in [6.45, 7) is 0.436. The first-order valence-corrected chi connectivity index (χ1v) is 5.86. The number of aryl methyl sites for hydroxylation is 1. The molecular weight excluding hydrogens is 218 g/mol. The van der Waals surface area contributed by atoms with Crippen molar-refractivity contribution in [2.45, 2.75) is 24.8 Å². The molecule has 0 bridgehead atoms. The van der Waals surface area contributed by atoms with Gasteiger partial charge >= 0.3 is 6.09 Å². The zero-order valence-electron chi connectivity index (χ0n) is 9.79. The van der Waals surface area contributed by atoms with Crippen LogP contribution in [0.3, 0.4) is 0 Å². The second-order valence-corrected chi connectivity index (χ2v) is 4.66. The van der Waals surface area contributed by atoms with Crippen LogP contribution in [-0.2, 0) is 16.7 Å². The molecule has 1 atom stereocenters. The fourth-order valence-corrected chi connectivity index (χ4v) is 2.82. The third-order valence-corrected chi connectivity index (χ3v) is 3.67. The normalized spacial score (nSPS) is 26.3. The minimum Gasteiger partial charge on any atom is -0.497 e. The second kappa shape index (κ2) is 3.65. The summed E-state index contributed by atoms with van der Waals surface area (Å²) < 4.78 is 10.3. The molecule has 3 rings (SSSR count). The van der Waals surface area contributed by atoms with Crippen molar-refractivity contribution in [1.82, 2.24) is 5.32 Å². The lowest BCUT2D eigenvalue weighted by atomic mass is 9.77. The van der Waals surface area contributed by atoms with Crippen LogP contribution in [-0.4, -0.2) is 19.8 Å². The Balaban J connectivity index is 2.05. The Hall–Kier alpha value is -1.71. The van der Waals surface area contributed by atoms with E-state index < -0.39 is 0 Å². The molecule has 0 aromatic heterocycles. The van der Waals surface area contributed by atoms with Gasteiger partial charge in [0.05, 0.1) is 7.11 Å². The number of methoxy groups -OCH3 is 1. The molecule has 1 N–H and O–H groups in total. The maximum atomic E-state index is 11.3. The van der Waals surface area contributed by atoms with Crippen LogP contribution in [0.2, 0.25) is 0 Å². The standard InChI is InChI=1S/C13H15NO3/c1-16-10-4-5-11-9(7-10)3-2-6-13(11)8-17-12(15)14-13/h4-5,7H,2-3,6,8H2,1H3,(H,14,15). The highest BCUT2D eigenvalue weighted by atomic mass is 16.6. The van der Waals surface area contributed by atoms with Gasteiger partial charge in [-0.05, 0) is 42.5 Å². The first-order valence-electron chi connectivity index (χ1n) is 5.86.